The predicted molar refractivity (Wildman–Crippen MR) is 95.8 cm³/mol. The number of rotatable bonds is 3. The van der Waals surface area contributed by atoms with Gasteiger partial charge in [-0.25, -0.2) is 0 Å². The quantitative estimate of drug-likeness (QED) is 0.640. The molecule has 0 aromatic carbocycles. The topological polar surface area (TPSA) is 73.2 Å². The molecule has 6 aliphatic heterocycles. The van der Waals surface area contributed by atoms with Crippen LogP contribution in [-0.2, 0) is 17.9 Å². The molecular formula is C18H27N6Ti. The van der Waals surface area contributed by atoms with Crippen molar-refractivity contribution in [2.24, 2.45) is 32.7 Å². The summed E-state index contributed by atoms with van der Waals surface area (Å²) in [6.45, 7) is 3.11. The van der Waals surface area contributed by atoms with Crippen LogP contribution in [0.4, 0.5) is 0 Å². The molecule has 25 heavy (non-hydrogen) atoms. The van der Waals surface area contributed by atoms with Gasteiger partial charge in [-0.3, -0.25) is 0 Å². The average molecular weight is 375 g/mol. The zero-order valence-electron chi connectivity index (χ0n) is 14.7. The molecule has 6 aliphatic rings. The van der Waals surface area contributed by atoms with Crippen molar-refractivity contribution < 1.29 is 17.9 Å². The van der Waals surface area contributed by atoms with Gasteiger partial charge in [0.25, 0.3) is 0 Å². The molecule has 7 heteroatoms. The molecule has 6 rings (SSSR count). The van der Waals surface area contributed by atoms with Crippen LogP contribution in [0.2, 0.25) is 0 Å². The standard InChI is InChI=1S/3C6H9N2.Ti/c3*1-3-7-6-5(1)2-4-8-6;/h3*3,5H,1-2,4H2,(H,7,8);. The summed E-state index contributed by atoms with van der Waals surface area (Å²) in [6, 6.07) is 0. The minimum atomic E-state index is -1.48. The first-order chi connectivity index (χ1) is 12.3. The van der Waals surface area contributed by atoms with Gasteiger partial charge in [0, 0.05) is 0 Å². The molecule has 133 valence electrons. The van der Waals surface area contributed by atoms with Gasteiger partial charge in [-0.1, -0.05) is 0 Å². The van der Waals surface area contributed by atoms with Gasteiger partial charge < -0.3 is 0 Å². The fourth-order valence-electron chi connectivity index (χ4n) is 5.95. The Morgan fingerprint density at radius 1 is 0.600 bits per heavy atom. The first-order valence-corrected chi connectivity index (χ1v) is 12.8. The van der Waals surface area contributed by atoms with E-state index in [1.54, 1.807) is 0 Å². The molecule has 6 nitrogen and oxygen atoms in total. The Morgan fingerprint density at radius 3 is 1.28 bits per heavy atom. The summed E-state index contributed by atoms with van der Waals surface area (Å²) in [5, 5.41) is 11.7. The fraction of sp³-hybridized carbons (Fsp3) is 0.833. The maximum atomic E-state index is 4.74. The SMILES string of the molecule is C1CC2C[CH]([Ti]([CH]3CC4CCN=C4N3)[CH]3CC4CCN=C4N3)NC2=N1. The monoisotopic (exact) mass is 375 g/mol. The summed E-state index contributed by atoms with van der Waals surface area (Å²) in [6.07, 6.45) is 7.80. The van der Waals surface area contributed by atoms with Crippen LogP contribution < -0.4 is 16.0 Å². The Bertz CT molecular complexity index is 582. The Hall–Kier alpha value is -0.876. The second kappa shape index (κ2) is 5.81. The molecule has 0 bridgehead atoms. The predicted octanol–water partition coefficient (Wildman–Crippen LogP) is 0.818. The van der Waals surface area contributed by atoms with Crippen LogP contribution >= 0.6 is 0 Å². The Labute approximate surface area is 155 Å². The van der Waals surface area contributed by atoms with Gasteiger partial charge >= 0.3 is 155 Å². The van der Waals surface area contributed by atoms with Crippen molar-refractivity contribution in [3.63, 3.8) is 0 Å². The zero-order valence-corrected chi connectivity index (χ0v) is 16.2. The van der Waals surface area contributed by atoms with E-state index in [1.807, 2.05) is 0 Å². The summed E-state index contributed by atoms with van der Waals surface area (Å²) in [7, 11) is 0. The van der Waals surface area contributed by atoms with Crippen LogP contribution in [0.5, 0.6) is 0 Å². The summed E-state index contributed by atoms with van der Waals surface area (Å²) < 4.78 is 2.12. The minimum absolute atomic E-state index is 0.706. The first-order valence-electron chi connectivity index (χ1n) is 10.1. The molecule has 0 spiro atoms. The molecule has 0 aromatic heterocycles. The van der Waals surface area contributed by atoms with E-state index in [0.29, 0.717) is 13.0 Å². The van der Waals surface area contributed by atoms with Crippen molar-refractivity contribution in [3.8, 4) is 0 Å². The van der Waals surface area contributed by atoms with Crippen molar-refractivity contribution in [1.29, 1.82) is 0 Å². The van der Waals surface area contributed by atoms with Crippen molar-refractivity contribution in [3.05, 3.63) is 0 Å². The molecule has 0 aromatic rings. The van der Waals surface area contributed by atoms with Crippen LogP contribution in [0, 0.1) is 17.8 Å². The van der Waals surface area contributed by atoms with Gasteiger partial charge in [-0.2, -0.15) is 0 Å². The fourth-order valence-corrected chi connectivity index (χ4v) is 12.3. The number of fused-ring (bicyclic) bond motifs is 3. The first kappa shape index (κ1) is 15.2. The molecule has 3 fully saturated rings. The molecule has 3 N–H and O–H groups in total. The van der Waals surface area contributed by atoms with E-state index in [-0.39, 0.29) is 0 Å². The normalized spacial score (nSPS) is 43.4. The number of nitrogens with one attached hydrogen (secondary N) is 3. The summed E-state index contributed by atoms with van der Waals surface area (Å²) in [5.41, 5.74) is 0. The Morgan fingerprint density at radius 2 is 0.960 bits per heavy atom. The van der Waals surface area contributed by atoms with Crippen LogP contribution in [0.25, 0.3) is 0 Å². The van der Waals surface area contributed by atoms with E-state index in [9.17, 15) is 0 Å². The van der Waals surface area contributed by atoms with E-state index in [4.69, 9.17) is 15.0 Å². The number of hydrogen-bond acceptors (Lipinski definition) is 6. The van der Waals surface area contributed by atoms with Crippen molar-refractivity contribution >= 4 is 17.5 Å². The Kier molecular flexibility index (Phi) is 3.54. The summed E-state index contributed by atoms with van der Waals surface area (Å²) in [5.74, 6) is 6.18. The molecule has 0 aliphatic carbocycles. The molecule has 0 radical (unpaired) electrons. The average Bonchev–Trinajstić information content (AvgIpc) is 3.35. The maximum absolute atomic E-state index is 4.74. The van der Waals surface area contributed by atoms with Gasteiger partial charge in [0.05, 0.1) is 0 Å². The summed E-state index contributed by atoms with van der Waals surface area (Å²) >= 11 is -1.48. The van der Waals surface area contributed by atoms with Crippen molar-refractivity contribution in [1.82, 2.24) is 16.0 Å². The number of amidine groups is 3. The van der Waals surface area contributed by atoms with E-state index >= 15 is 0 Å². The van der Waals surface area contributed by atoms with Crippen LogP contribution in [0.1, 0.15) is 38.5 Å². The molecular weight excluding hydrogens is 348 g/mol. The van der Waals surface area contributed by atoms with Gasteiger partial charge in [0.15, 0.2) is 0 Å². The number of hydrogen-bond donors (Lipinski definition) is 3. The van der Waals surface area contributed by atoms with Gasteiger partial charge in [-0.15, -0.1) is 0 Å². The third-order valence-corrected chi connectivity index (χ3v) is 12.7. The third kappa shape index (κ3) is 2.43. The van der Waals surface area contributed by atoms with Crippen molar-refractivity contribution in [2.75, 3.05) is 19.6 Å². The van der Waals surface area contributed by atoms with Gasteiger partial charge in [0.2, 0.25) is 0 Å². The molecule has 0 saturated carbocycles. The van der Waals surface area contributed by atoms with Crippen LogP contribution in [-0.4, -0.2) is 50.2 Å². The molecule has 6 unspecified atom stereocenters. The van der Waals surface area contributed by atoms with Gasteiger partial charge in [-0.05, 0) is 0 Å². The van der Waals surface area contributed by atoms with E-state index in [0.717, 1.165) is 37.4 Å². The van der Waals surface area contributed by atoms with Gasteiger partial charge in [0.1, 0.15) is 0 Å². The van der Waals surface area contributed by atoms with Crippen LogP contribution in [0.15, 0.2) is 15.0 Å². The number of nitrogens with zero attached hydrogens (tertiary/aromatic N) is 3. The van der Waals surface area contributed by atoms with Crippen molar-refractivity contribution in [2.45, 2.75) is 51.6 Å². The molecule has 6 heterocycles. The van der Waals surface area contributed by atoms with E-state index in [1.165, 1.54) is 56.0 Å². The zero-order chi connectivity index (χ0) is 16.4. The second-order valence-corrected chi connectivity index (χ2v) is 13.4. The van der Waals surface area contributed by atoms with Crippen LogP contribution in [0.3, 0.4) is 0 Å². The van der Waals surface area contributed by atoms with E-state index in [2.05, 4.69) is 16.0 Å². The molecule has 3 saturated heterocycles. The van der Waals surface area contributed by atoms with E-state index < -0.39 is 17.9 Å². The third-order valence-electron chi connectivity index (χ3n) is 7.17. The second-order valence-electron chi connectivity index (χ2n) is 8.56. The molecule has 6 atom stereocenters. The number of aliphatic imine (C=N–C) groups is 3. The summed E-state index contributed by atoms with van der Waals surface area (Å²) in [4.78, 5) is 14.2. The molecule has 0 amide bonds. The Balaban J connectivity index is 1.28.